The second kappa shape index (κ2) is 8.08. The van der Waals surface area contributed by atoms with Crippen molar-refractivity contribution < 1.29 is 13.2 Å². The maximum absolute atomic E-state index is 12.1. The molecule has 0 atom stereocenters. The molecule has 1 amide bonds. The average Bonchev–Trinajstić information content (AvgIpc) is 2.74. The molecule has 22 heavy (non-hydrogen) atoms. The van der Waals surface area contributed by atoms with Crippen LogP contribution >= 0.6 is 15.9 Å². The molecule has 1 aromatic carbocycles. The van der Waals surface area contributed by atoms with E-state index in [1.807, 2.05) is 0 Å². The monoisotopic (exact) mass is 388 g/mol. The largest absolute Gasteiger partial charge is 0.352 e. The van der Waals surface area contributed by atoms with Crippen LogP contribution in [0.2, 0.25) is 0 Å². The van der Waals surface area contributed by atoms with Crippen LogP contribution in [0.1, 0.15) is 38.5 Å². The lowest BCUT2D eigenvalue weighted by atomic mass is 10.1. The first-order valence-electron chi connectivity index (χ1n) is 7.52. The molecule has 0 bridgehead atoms. The molecule has 0 spiro atoms. The number of amides is 1. The molecule has 2 rings (SSSR count). The second-order valence-electron chi connectivity index (χ2n) is 5.53. The molecule has 0 saturated heterocycles. The lowest BCUT2D eigenvalue weighted by Gasteiger charge is -2.16. The Labute approximate surface area is 140 Å². The summed E-state index contributed by atoms with van der Waals surface area (Å²) in [5.41, 5.74) is 0. The van der Waals surface area contributed by atoms with E-state index in [9.17, 15) is 13.2 Å². The highest BCUT2D eigenvalue weighted by Gasteiger charge is 2.18. The van der Waals surface area contributed by atoms with Crippen LogP contribution in [-0.2, 0) is 14.8 Å². The Kier molecular flexibility index (Phi) is 6.40. The van der Waals surface area contributed by atoms with Gasteiger partial charge < -0.3 is 5.32 Å². The third-order valence-electron chi connectivity index (χ3n) is 3.77. The third-order valence-corrected chi connectivity index (χ3v) is 5.71. The van der Waals surface area contributed by atoms with Crippen LogP contribution in [0.4, 0.5) is 0 Å². The highest BCUT2D eigenvalue weighted by Crippen LogP contribution is 2.17. The molecule has 1 aromatic rings. The third kappa shape index (κ3) is 5.37. The van der Waals surface area contributed by atoms with E-state index in [-0.39, 0.29) is 23.4 Å². The van der Waals surface area contributed by atoms with E-state index in [2.05, 4.69) is 26.0 Å². The fourth-order valence-electron chi connectivity index (χ4n) is 2.56. The Morgan fingerprint density at radius 1 is 1.09 bits per heavy atom. The van der Waals surface area contributed by atoms with Crippen LogP contribution in [-0.4, -0.2) is 26.9 Å². The van der Waals surface area contributed by atoms with Crippen molar-refractivity contribution in [3.05, 3.63) is 28.7 Å². The van der Waals surface area contributed by atoms with Crippen molar-refractivity contribution in [3.8, 4) is 0 Å². The topological polar surface area (TPSA) is 75.3 Å². The van der Waals surface area contributed by atoms with E-state index in [0.717, 1.165) is 30.2 Å². The Morgan fingerprint density at radius 2 is 1.68 bits per heavy atom. The van der Waals surface area contributed by atoms with Gasteiger partial charge in [0.05, 0.1) is 11.4 Å². The zero-order valence-corrected chi connectivity index (χ0v) is 14.7. The predicted molar refractivity (Wildman–Crippen MR) is 89.0 cm³/mol. The fraction of sp³-hybridized carbons (Fsp3) is 0.533. The lowest BCUT2D eigenvalue weighted by Crippen LogP contribution is -2.41. The summed E-state index contributed by atoms with van der Waals surface area (Å²) in [5, 5.41) is 2.92. The first kappa shape index (κ1) is 17.4. The summed E-state index contributed by atoms with van der Waals surface area (Å²) in [4.78, 5) is 12.1. The quantitative estimate of drug-likeness (QED) is 0.761. The molecule has 0 aromatic heterocycles. The van der Waals surface area contributed by atoms with Crippen molar-refractivity contribution in [1.82, 2.24) is 10.0 Å². The number of sulfonamides is 1. The molecule has 0 unspecified atom stereocenters. The zero-order chi connectivity index (χ0) is 16.0. The molecule has 1 fully saturated rings. The first-order valence-corrected chi connectivity index (χ1v) is 9.79. The van der Waals surface area contributed by atoms with Gasteiger partial charge in [-0.2, -0.15) is 0 Å². The molecule has 7 heteroatoms. The van der Waals surface area contributed by atoms with E-state index in [4.69, 9.17) is 0 Å². The lowest BCUT2D eigenvalue weighted by molar-refractivity contribution is -0.120. The highest BCUT2D eigenvalue weighted by molar-refractivity contribution is 9.10. The molecule has 1 saturated carbocycles. The molecule has 2 N–H and O–H groups in total. The van der Waals surface area contributed by atoms with Crippen LogP contribution in [0, 0.1) is 0 Å². The number of rotatable bonds is 5. The summed E-state index contributed by atoms with van der Waals surface area (Å²) in [6.45, 7) is -0.227. The summed E-state index contributed by atoms with van der Waals surface area (Å²) >= 11 is 3.26. The number of carbonyl (C=O) groups is 1. The summed E-state index contributed by atoms with van der Waals surface area (Å²) in [6, 6.07) is 6.47. The molecule has 0 heterocycles. The van der Waals surface area contributed by atoms with Gasteiger partial charge in [0, 0.05) is 10.5 Å². The number of benzene rings is 1. The van der Waals surface area contributed by atoms with Crippen molar-refractivity contribution in [1.29, 1.82) is 0 Å². The van der Waals surface area contributed by atoms with Gasteiger partial charge in [-0.25, -0.2) is 13.1 Å². The molecule has 1 aliphatic rings. The van der Waals surface area contributed by atoms with E-state index >= 15 is 0 Å². The number of nitrogens with one attached hydrogen (secondary N) is 2. The number of hydrogen-bond donors (Lipinski definition) is 2. The summed E-state index contributed by atoms with van der Waals surface area (Å²) in [5.74, 6) is -0.271. The van der Waals surface area contributed by atoms with Crippen molar-refractivity contribution in [3.63, 3.8) is 0 Å². The van der Waals surface area contributed by atoms with E-state index in [1.165, 1.54) is 25.0 Å². The maximum atomic E-state index is 12.1. The molecule has 0 aliphatic heterocycles. The minimum absolute atomic E-state index is 0.151. The zero-order valence-electron chi connectivity index (χ0n) is 12.3. The Bertz CT molecular complexity index is 594. The number of carbonyl (C=O) groups excluding carboxylic acids is 1. The highest BCUT2D eigenvalue weighted by atomic mass is 79.9. The van der Waals surface area contributed by atoms with Crippen LogP contribution in [0.15, 0.2) is 33.6 Å². The van der Waals surface area contributed by atoms with Crippen LogP contribution < -0.4 is 10.0 Å². The molecular formula is C15H21BrN2O3S. The minimum atomic E-state index is -3.65. The number of hydrogen-bond acceptors (Lipinski definition) is 3. The number of halogens is 1. The van der Waals surface area contributed by atoms with Crippen LogP contribution in [0.25, 0.3) is 0 Å². The van der Waals surface area contributed by atoms with Gasteiger partial charge in [0.25, 0.3) is 0 Å². The van der Waals surface area contributed by atoms with Gasteiger partial charge in [-0.15, -0.1) is 0 Å². The van der Waals surface area contributed by atoms with Crippen molar-refractivity contribution in [2.75, 3.05) is 6.54 Å². The van der Waals surface area contributed by atoms with Gasteiger partial charge in [-0.05, 0) is 37.1 Å². The molecule has 1 aliphatic carbocycles. The SMILES string of the molecule is O=C(CNS(=O)(=O)c1ccc(Br)cc1)NC1CCCCCC1. The van der Waals surface area contributed by atoms with E-state index in [0.29, 0.717) is 0 Å². The molecule has 122 valence electrons. The van der Waals surface area contributed by atoms with Crippen molar-refractivity contribution in [2.24, 2.45) is 0 Å². The average molecular weight is 389 g/mol. The Balaban J connectivity index is 1.85. The van der Waals surface area contributed by atoms with Crippen molar-refractivity contribution in [2.45, 2.75) is 49.5 Å². The van der Waals surface area contributed by atoms with E-state index < -0.39 is 10.0 Å². The van der Waals surface area contributed by atoms with Crippen LogP contribution in [0.5, 0.6) is 0 Å². The van der Waals surface area contributed by atoms with Gasteiger partial charge in [0.2, 0.25) is 15.9 Å². The van der Waals surface area contributed by atoms with E-state index in [1.54, 1.807) is 12.1 Å². The molecule has 5 nitrogen and oxygen atoms in total. The Hall–Kier alpha value is -0.920. The maximum Gasteiger partial charge on any atom is 0.241 e. The summed E-state index contributed by atoms with van der Waals surface area (Å²) in [6.07, 6.45) is 6.62. The van der Waals surface area contributed by atoms with Gasteiger partial charge in [0.1, 0.15) is 0 Å². The summed E-state index contributed by atoms with van der Waals surface area (Å²) < 4.78 is 27.3. The van der Waals surface area contributed by atoms with Gasteiger partial charge in [-0.1, -0.05) is 41.6 Å². The molecular weight excluding hydrogens is 368 g/mol. The fourth-order valence-corrected chi connectivity index (χ4v) is 3.81. The predicted octanol–water partition coefficient (Wildman–Crippen LogP) is 2.57. The van der Waals surface area contributed by atoms with Crippen LogP contribution in [0.3, 0.4) is 0 Å². The normalized spacial score (nSPS) is 17.0. The van der Waals surface area contributed by atoms with Crippen molar-refractivity contribution >= 4 is 31.9 Å². The Morgan fingerprint density at radius 3 is 2.27 bits per heavy atom. The molecule has 0 radical (unpaired) electrons. The van der Waals surface area contributed by atoms with Gasteiger partial charge in [-0.3, -0.25) is 4.79 Å². The van der Waals surface area contributed by atoms with Gasteiger partial charge in [0.15, 0.2) is 0 Å². The van der Waals surface area contributed by atoms with Gasteiger partial charge >= 0.3 is 0 Å². The smallest absolute Gasteiger partial charge is 0.241 e. The first-order chi connectivity index (χ1) is 10.5. The second-order valence-corrected chi connectivity index (χ2v) is 8.22. The minimum Gasteiger partial charge on any atom is -0.352 e. The standard InChI is InChI=1S/C15H21BrN2O3S/c16-12-7-9-14(10-8-12)22(20,21)17-11-15(19)18-13-5-3-1-2-4-6-13/h7-10,13,17H,1-6,11H2,(H,18,19). The summed E-state index contributed by atoms with van der Waals surface area (Å²) in [7, 11) is -3.65.